The summed E-state index contributed by atoms with van der Waals surface area (Å²) in [6, 6.07) is 12.1. The van der Waals surface area contributed by atoms with E-state index in [0.717, 1.165) is 11.5 Å². The molecule has 3 heteroatoms. The van der Waals surface area contributed by atoms with Crippen molar-refractivity contribution in [1.29, 1.82) is 0 Å². The molecule has 1 saturated carbocycles. The van der Waals surface area contributed by atoms with E-state index < -0.39 is 0 Å². The van der Waals surface area contributed by atoms with Gasteiger partial charge in [-0.15, -0.1) is 0 Å². The number of para-hydroxylation sites is 1. The lowest BCUT2D eigenvalue weighted by Gasteiger charge is -2.37. The summed E-state index contributed by atoms with van der Waals surface area (Å²) < 4.78 is 5.93. The number of hydrogen-bond donors (Lipinski definition) is 1. The Hall–Kier alpha value is -1.87. The third-order valence-corrected chi connectivity index (χ3v) is 5.46. The van der Waals surface area contributed by atoms with Gasteiger partial charge in [-0.1, -0.05) is 18.2 Å². The lowest BCUT2D eigenvalue weighted by Crippen LogP contribution is -2.42. The fourth-order valence-electron chi connectivity index (χ4n) is 4.14. The molecule has 2 aliphatic rings. The molecule has 120 valence electrons. The van der Waals surface area contributed by atoms with Crippen LogP contribution in [0, 0.1) is 0 Å². The van der Waals surface area contributed by atoms with Crippen molar-refractivity contribution in [1.82, 2.24) is 10.3 Å². The lowest BCUT2D eigenvalue weighted by molar-refractivity contribution is 0.243. The Balaban J connectivity index is 1.44. The van der Waals surface area contributed by atoms with Crippen molar-refractivity contribution in [3.05, 3.63) is 54.4 Å². The van der Waals surface area contributed by atoms with E-state index in [1.54, 1.807) is 6.20 Å². The van der Waals surface area contributed by atoms with E-state index in [1.807, 2.05) is 36.5 Å². The fraction of sp³-hybridized carbons (Fsp3) is 0.450. The number of rotatable bonds is 3. The molecule has 0 atom stereocenters. The van der Waals surface area contributed by atoms with Gasteiger partial charge in [0.1, 0.15) is 11.5 Å². The molecule has 2 heterocycles. The van der Waals surface area contributed by atoms with Crippen LogP contribution >= 0.6 is 0 Å². The molecular weight excluding hydrogens is 284 g/mol. The Morgan fingerprint density at radius 2 is 1.83 bits per heavy atom. The number of aromatic nitrogens is 1. The monoisotopic (exact) mass is 308 g/mol. The van der Waals surface area contributed by atoms with Crippen molar-refractivity contribution in [3.63, 3.8) is 0 Å². The molecule has 1 N–H and O–H groups in total. The first-order chi connectivity index (χ1) is 11.3. The van der Waals surface area contributed by atoms with Gasteiger partial charge in [0, 0.05) is 11.7 Å². The maximum Gasteiger partial charge on any atom is 0.145 e. The minimum Gasteiger partial charge on any atom is -0.456 e. The smallest absolute Gasteiger partial charge is 0.145 e. The highest BCUT2D eigenvalue weighted by Gasteiger charge is 2.37. The highest BCUT2D eigenvalue weighted by molar-refractivity contribution is 5.32. The lowest BCUT2D eigenvalue weighted by atomic mass is 9.74. The molecule has 0 amide bonds. The molecule has 0 radical (unpaired) electrons. The molecule has 4 rings (SSSR count). The van der Waals surface area contributed by atoms with Crippen molar-refractivity contribution < 1.29 is 4.74 Å². The van der Waals surface area contributed by atoms with Crippen LogP contribution in [0.5, 0.6) is 11.5 Å². The van der Waals surface area contributed by atoms with Crippen LogP contribution in [0.4, 0.5) is 0 Å². The number of nitrogens with zero attached hydrogens (tertiary/aromatic N) is 1. The topological polar surface area (TPSA) is 34.1 Å². The molecule has 0 bridgehead atoms. The summed E-state index contributed by atoms with van der Waals surface area (Å²) in [6.45, 7) is 1.20. The van der Waals surface area contributed by atoms with Gasteiger partial charge in [0.05, 0.1) is 6.20 Å². The summed E-state index contributed by atoms with van der Waals surface area (Å²) >= 11 is 0. The number of pyridine rings is 1. The van der Waals surface area contributed by atoms with Gasteiger partial charge >= 0.3 is 0 Å². The first-order valence-electron chi connectivity index (χ1n) is 8.76. The van der Waals surface area contributed by atoms with Crippen LogP contribution in [-0.4, -0.2) is 17.1 Å². The molecule has 3 nitrogen and oxygen atoms in total. The Kier molecular flexibility index (Phi) is 4.04. The largest absolute Gasteiger partial charge is 0.456 e. The van der Waals surface area contributed by atoms with Gasteiger partial charge in [0.25, 0.3) is 0 Å². The van der Waals surface area contributed by atoms with Crippen LogP contribution in [-0.2, 0) is 0 Å². The summed E-state index contributed by atoms with van der Waals surface area (Å²) in [5.41, 5.74) is 1.77. The van der Waals surface area contributed by atoms with Crippen LogP contribution in [0.2, 0.25) is 0 Å². The third kappa shape index (κ3) is 3.25. The second-order valence-electron chi connectivity index (χ2n) is 6.95. The molecule has 2 fully saturated rings. The SMILES string of the molecule is c1ccc(Oc2cncc(C3CCC4(CCCN4)CC3)c2)cc1. The summed E-state index contributed by atoms with van der Waals surface area (Å²) in [7, 11) is 0. The molecule has 1 aliphatic heterocycles. The van der Waals surface area contributed by atoms with Gasteiger partial charge < -0.3 is 10.1 Å². The Morgan fingerprint density at radius 3 is 2.57 bits per heavy atom. The van der Waals surface area contributed by atoms with Gasteiger partial charge in [-0.3, -0.25) is 4.98 Å². The van der Waals surface area contributed by atoms with Gasteiger partial charge in [-0.25, -0.2) is 0 Å². The van der Waals surface area contributed by atoms with Crippen LogP contribution in [0.1, 0.15) is 50.0 Å². The van der Waals surface area contributed by atoms with E-state index in [1.165, 1.54) is 50.6 Å². The number of nitrogens with one attached hydrogen (secondary N) is 1. The normalized spacial score (nSPS) is 27.2. The van der Waals surface area contributed by atoms with E-state index in [-0.39, 0.29) is 0 Å². The van der Waals surface area contributed by atoms with Crippen molar-refractivity contribution in [2.24, 2.45) is 0 Å². The zero-order valence-corrected chi connectivity index (χ0v) is 13.5. The zero-order chi connectivity index (χ0) is 15.5. The van der Waals surface area contributed by atoms with Crippen molar-refractivity contribution in [3.8, 4) is 11.5 Å². The Labute approximate surface area is 138 Å². The van der Waals surface area contributed by atoms with E-state index in [2.05, 4.69) is 16.4 Å². The highest BCUT2D eigenvalue weighted by Crippen LogP contribution is 2.42. The van der Waals surface area contributed by atoms with Gasteiger partial charge in [0.2, 0.25) is 0 Å². The third-order valence-electron chi connectivity index (χ3n) is 5.46. The molecule has 1 spiro atoms. The molecular formula is C20H24N2O. The van der Waals surface area contributed by atoms with Gasteiger partial charge in [0.15, 0.2) is 0 Å². The summed E-state index contributed by atoms with van der Waals surface area (Å²) in [6.07, 6.45) is 11.6. The number of ether oxygens (including phenoxy) is 1. The molecule has 23 heavy (non-hydrogen) atoms. The summed E-state index contributed by atoms with van der Waals surface area (Å²) in [4.78, 5) is 4.40. The highest BCUT2D eigenvalue weighted by atomic mass is 16.5. The first kappa shape index (κ1) is 14.7. The maximum atomic E-state index is 5.93. The van der Waals surface area contributed by atoms with Crippen LogP contribution in [0.15, 0.2) is 48.8 Å². The Bertz CT molecular complexity index is 640. The predicted molar refractivity (Wildman–Crippen MR) is 91.9 cm³/mol. The second-order valence-corrected chi connectivity index (χ2v) is 6.95. The van der Waals surface area contributed by atoms with Crippen molar-refractivity contribution in [2.75, 3.05) is 6.54 Å². The average Bonchev–Trinajstić information content (AvgIpc) is 3.05. The second kappa shape index (κ2) is 6.32. The fourth-order valence-corrected chi connectivity index (χ4v) is 4.14. The quantitative estimate of drug-likeness (QED) is 0.896. The summed E-state index contributed by atoms with van der Waals surface area (Å²) in [5.74, 6) is 2.33. The maximum absolute atomic E-state index is 5.93. The molecule has 0 unspecified atom stereocenters. The Morgan fingerprint density at radius 1 is 1.00 bits per heavy atom. The first-order valence-corrected chi connectivity index (χ1v) is 8.76. The molecule has 1 saturated heterocycles. The van der Waals surface area contributed by atoms with Crippen molar-refractivity contribution >= 4 is 0 Å². The van der Waals surface area contributed by atoms with Crippen LogP contribution < -0.4 is 10.1 Å². The average molecular weight is 308 g/mol. The van der Waals surface area contributed by atoms with E-state index in [9.17, 15) is 0 Å². The zero-order valence-electron chi connectivity index (χ0n) is 13.5. The minimum absolute atomic E-state index is 0.447. The molecule has 1 aromatic carbocycles. The van der Waals surface area contributed by atoms with Crippen molar-refractivity contribution in [2.45, 2.75) is 50.0 Å². The minimum atomic E-state index is 0.447. The molecule has 2 aromatic rings. The standard InChI is InChI=1S/C20H24N2O/c1-2-5-18(6-3-1)23-19-13-17(14-21-15-19)16-7-10-20(11-8-16)9-4-12-22-20/h1-3,5-6,13-16,22H,4,7-12H2. The van der Waals surface area contributed by atoms with Gasteiger partial charge in [-0.05, 0) is 74.8 Å². The van der Waals surface area contributed by atoms with Crippen LogP contribution in [0.3, 0.4) is 0 Å². The van der Waals surface area contributed by atoms with E-state index >= 15 is 0 Å². The molecule has 1 aromatic heterocycles. The van der Waals surface area contributed by atoms with E-state index in [0.29, 0.717) is 11.5 Å². The molecule has 1 aliphatic carbocycles. The van der Waals surface area contributed by atoms with Gasteiger partial charge in [-0.2, -0.15) is 0 Å². The van der Waals surface area contributed by atoms with Crippen LogP contribution in [0.25, 0.3) is 0 Å². The summed E-state index contributed by atoms with van der Waals surface area (Å²) in [5, 5.41) is 3.75. The predicted octanol–water partition coefficient (Wildman–Crippen LogP) is 4.65. The number of hydrogen-bond acceptors (Lipinski definition) is 3. The van der Waals surface area contributed by atoms with E-state index in [4.69, 9.17) is 4.74 Å². The number of benzene rings is 1.